The van der Waals surface area contributed by atoms with Crippen LogP contribution in [0.15, 0.2) is 24.3 Å². The Kier molecular flexibility index (Phi) is 5.84. The van der Waals surface area contributed by atoms with Gasteiger partial charge in [0.2, 0.25) is 0 Å². The lowest BCUT2D eigenvalue weighted by Gasteiger charge is -2.58. The molecule has 6 fully saturated rings. The normalized spacial score (nSPS) is 57.2. The Morgan fingerprint density at radius 2 is 1.80 bits per heavy atom. The van der Waals surface area contributed by atoms with Crippen molar-refractivity contribution < 1.29 is 43.5 Å². The van der Waals surface area contributed by atoms with E-state index >= 15 is 0 Å². The number of ether oxygens (including phenoxy) is 5. The van der Waals surface area contributed by atoms with Crippen molar-refractivity contribution in [3.05, 3.63) is 24.3 Å². The minimum Gasteiger partial charge on any atom is -0.465 e. The van der Waals surface area contributed by atoms with E-state index in [0.29, 0.717) is 38.7 Å². The number of carbonyl (C=O) groups excluding carboxylic acids is 2. The molecule has 4 heterocycles. The van der Waals surface area contributed by atoms with Crippen LogP contribution in [-0.2, 0) is 33.3 Å². The average molecular weight is 559 g/mol. The number of esters is 2. The quantitative estimate of drug-likeness (QED) is 0.369. The fourth-order valence-electron chi connectivity index (χ4n) is 8.95. The van der Waals surface area contributed by atoms with Crippen LogP contribution in [0.1, 0.15) is 66.2 Å². The van der Waals surface area contributed by atoms with Crippen LogP contribution in [0.2, 0.25) is 0 Å². The molecule has 3 saturated heterocycles. The van der Waals surface area contributed by atoms with Gasteiger partial charge in [-0.2, -0.15) is 0 Å². The Balaban J connectivity index is 1.25. The lowest BCUT2D eigenvalue weighted by molar-refractivity contribution is -0.251. The summed E-state index contributed by atoms with van der Waals surface area (Å²) < 4.78 is 31.5. The van der Waals surface area contributed by atoms with Gasteiger partial charge in [-0.25, -0.2) is 4.79 Å². The molecule has 2 unspecified atom stereocenters. The number of aliphatic hydroxyl groups excluding tert-OH is 2. The summed E-state index contributed by atoms with van der Waals surface area (Å²) in [6.45, 7) is 8.54. The molecule has 0 aromatic rings. The van der Waals surface area contributed by atoms with Gasteiger partial charge in [-0.1, -0.05) is 32.1 Å². The van der Waals surface area contributed by atoms with Crippen molar-refractivity contribution in [2.75, 3.05) is 13.2 Å². The van der Waals surface area contributed by atoms with E-state index in [0.717, 1.165) is 6.42 Å². The number of rotatable bonds is 1. The molecule has 3 aliphatic carbocycles. The largest absolute Gasteiger partial charge is 0.465 e. The number of epoxide rings is 2. The smallest absolute Gasteiger partial charge is 0.331 e. The van der Waals surface area contributed by atoms with E-state index in [4.69, 9.17) is 23.7 Å². The average Bonchev–Trinajstić information content (AvgIpc) is 3.81. The number of aliphatic hydroxyl groups is 2. The van der Waals surface area contributed by atoms with Crippen LogP contribution in [0, 0.1) is 28.1 Å². The molecule has 9 heteroatoms. The van der Waals surface area contributed by atoms with Gasteiger partial charge in [0.1, 0.15) is 24.4 Å². The minimum absolute atomic E-state index is 0.106. The van der Waals surface area contributed by atoms with Gasteiger partial charge in [-0.15, -0.1) is 0 Å². The molecule has 4 aliphatic heterocycles. The van der Waals surface area contributed by atoms with E-state index in [1.807, 2.05) is 13.0 Å². The minimum atomic E-state index is -0.691. The monoisotopic (exact) mass is 558 g/mol. The maximum atomic E-state index is 13.5. The summed E-state index contributed by atoms with van der Waals surface area (Å²) in [4.78, 5) is 26.6. The predicted octanol–water partition coefficient (Wildman–Crippen LogP) is 2.62. The van der Waals surface area contributed by atoms with Gasteiger partial charge in [0.25, 0.3) is 0 Å². The first-order chi connectivity index (χ1) is 18.9. The first kappa shape index (κ1) is 27.1. The molecule has 2 spiro atoms. The van der Waals surface area contributed by atoms with Crippen LogP contribution in [0.3, 0.4) is 0 Å². The number of hydrogen-bond donors (Lipinski definition) is 2. The molecule has 0 aromatic heterocycles. The van der Waals surface area contributed by atoms with E-state index in [2.05, 4.69) is 13.8 Å². The molecule has 220 valence electrons. The van der Waals surface area contributed by atoms with Gasteiger partial charge in [-0.05, 0) is 46.0 Å². The molecule has 9 nitrogen and oxygen atoms in total. The second kappa shape index (κ2) is 8.63. The number of fused-ring (bicyclic) bond motifs is 3. The summed E-state index contributed by atoms with van der Waals surface area (Å²) in [6, 6.07) is 0. The Morgan fingerprint density at radius 3 is 2.52 bits per heavy atom. The second-order valence-corrected chi connectivity index (χ2v) is 14.2. The van der Waals surface area contributed by atoms with Gasteiger partial charge in [0.05, 0.1) is 48.0 Å². The molecule has 7 rings (SSSR count). The first-order valence-electron chi connectivity index (χ1n) is 15.0. The number of carbonyl (C=O) groups is 2. The fourth-order valence-corrected chi connectivity index (χ4v) is 8.95. The van der Waals surface area contributed by atoms with Crippen molar-refractivity contribution in [1.82, 2.24) is 0 Å². The third kappa shape index (κ3) is 3.57. The highest BCUT2D eigenvalue weighted by Gasteiger charge is 2.86. The Bertz CT molecular complexity index is 1160. The van der Waals surface area contributed by atoms with E-state index in [-0.39, 0.29) is 48.3 Å². The molecule has 2 N–H and O–H groups in total. The van der Waals surface area contributed by atoms with Crippen LogP contribution >= 0.6 is 0 Å². The zero-order valence-corrected chi connectivity index (χ0v) is 23.8. The van der Waals surface area contributed by atoms with Crippen LogP contribution in [0.25, 0.3) is 0 Å². The SMILES string of the molecule is C[C@H](O)[C@H]1/C=C\C=C/C(=O)O[C@@H]2C[C@H]3O[C@@H]4C5OC5(C)CC[C@]4(COC(=O)[C@H]4C[C@]4(C)[C@H](O)CC1)[C@]2(C)[C@]31CO1. The van der Waals surface area contributed by atoms with Crippen molar-refractivity contribution >= 4 is 11.9 Å². The summed E-state index contributed by atoms with van der Waals surface area (Å²) in [5.74, 6) is -1.35. The van der Waals surface area contributed by atoms with Crippen LogP contribution in [0.4, 0.5) is 0 Å². The summed E-state index contributed by atoms with van der Waals surface area (Å²) in [5.41, 5.74) is -2.69. The van der Waals surface area contributed by atoms with Gasteiger partial charge < -0.3 is 33.9 Å². The Labute approximate surface area is 235 Å². The van der Waals surface area contributed by atoms with Crippen LogP contribution in [-0.4, -0.2) is 83.2 Å². The zero-order chi connectivity index (χ0) is 28.3. The fraction of sp³-hybridized carbons (Fsp3) is 0.806. The Morgan fingerprint density at radius 1 is 1.02 bits per heavy atom. The number of cyclic esters (lactones) is 1. The van der Waals surface area contributed by atoms with Crippen molar-refractivity contribution in [3.63, 3.8) is 0 Å². The van der Waals surface area contributed by atoms with Crippen LogP contribution in [0.5, 0.6) is 0 Å². The zero-order valence-electron chi connectivity index (χ0n) is 23.8. The molecule has 13 atom stereocenters. The maximum Gasteiger partial charge on any atom is 0.331 e. The maximum absolute atomic E-state index is 13.5. The summed E-state index contributed by atoms with van der Waals surface area (Å²) in [5, 5.41) is 21.4. The van der Waals surface area contributed by atoms with Gasteiger partial charge in [0.15, 0.2) is 0 Å². The molecule has 3 saturated carbocycles. The van der Waals surface area contributed by atoms with Crippen molar-refractivity contribution in [2.24, 2.45) is 28.1 Å². The number of allylic oxidation sites excluding steroid dienone is 2. The second-order valence-electron chi connectivity index (χ2n) is 14.2. The predicted molar refractivity (Wildman–Crippen MR) is 141 cm³/mol. The van der Waals surface area contributed by atoms with Crippen molar-refractivity contribution in [1.29, 1.82) is 0 Å². The molecular weight excluding hydrogens is 516 g/mol. The summed E-state index contributed by atoms with van der Waals surface area (Å²) in [7, 11) is 0. The molecule has 7 aliphatic rings. The van der Waals surface area contributed by atoms with E-state index in [1.165, 1.54) is 6.08 Å². The highest BCUT2D eigenvalue weighted by atomic mass is 16.7. The molecule has 0 aromatic carbocycles. The summed E-state index contributed by atoms with van der Waals surface area (Å²) >= 11 is 0. The van der Waals surface area contributed by atoms with E-state index in [9.17, 15) is 19.8 Å². The van der Waals surface area contributed by atoms with Gasteiger partial charge in [0, 0.05) is 29.2 Å². The molecular formula is C31H42O9. The molecule has 0 amide bonds. The summed E-state index contributed by atoms with van der Waals surface area (Å²) in [6.07, 6.45) is 7.79. The van der Waals surface area contributed by atoms with Crippen molar-refractivity contribution in [2.45, 2.75) is 114 Å². The Hall–Kier alpha value is -1.78. The topological polar surface area (TPSA) is 127 Å². The molecule has 40 heavy (non-hydrogen) atoms. The lowest BCUT2D eigenvalue weighted by atomic mass is 9.50. The highest BCUT2D eigenvalue weighted by Crippen LogP contribution is 2.75. The van der Waals surface area contributed by atoms with Crippen molar-refractivity contribution in [3.8, 4) is 0 Å². The van der Waals surface area contributed by atoms with E-state index < -0.39 is 46.1 Å². The van der Waals surface area contributed by atoms with Gasteiger partial charge in [-0.3, -0.25) is 4.79 Å². The number of hydrogen-bond acceptors (Lipinski definition) is 9. The lowest BCUT2D eigenvalue weighted by Crippen LogP contribution is -2.69. The first-order valence-corrected chi connectivity index (χ1v) is 15.0. The molecule has 2 bridgehead atoms. The molecule has 0 radical (unpaired) electrons. The highest BCUT2D eigenvalue weighted by molar-refractivity contribution is 5.82. The third-order valence-electron chi connectivity index (χ3n) is 12.3. The van der Waals surface area contributed by atoms with Gasteiger partial charge >= 0.3 is 11.9 Å². The third-order valence-corrected chi connectivity index (χ3v) is 12.3. The van der Waals surface area contributed by atoms with E-state index in [1.54, 1.807) is 19.1 Å². The standard InChI is InChI=1S/C31H42O9/c1-17(32)18-7-5-6-8-23(34)38-21-13-22-31(16-37-31)29(21,4)30(12-11-28(3)24(40-28)25(30)39-22)15-36-26(35)19-14-27(19,2)20(33)10-9-18/h5-8,17-22,24-25,32-33H,9-16H2,1-4H3/b7-5-,8-6-/t17-,18-,19+,20+,21+,22+,24?,25+,27-,28?,29+,30+,31-/m0/s1. The van der Waals surface area contributed by atoms with Crippen LogP contribution < -0.4 is 0 Å².